The van der Waals surface area contributed by atoms with E-state index in [0.29, 0.717) is 0 Å². The van der Waals surface area contributed by atoms with Crippen molar-refractivity contribution in [1.82, 2.24) is 0 Å². The van der Waals surface area contributed by atoms with Gasteiger partial charge in [-0.25, -0.2) is 0 Å². The molecule has 0 N–H and O–H groups in total. The van der Waals surface area contributed by atoms with E-state index in [0.717, 1.165) is 17.1 Å². The Bertz CT molecular complexity index is 3480. The van der Waals surface area contributed by atoms with Crippen LogP contribution in [0.25, 0.3) is 75.5 Å². The van der Waals surface area contributed by atoms with Crippen LogP contribution in [-0.2, 0) is 5.41 Å². The fraction of sp³-hybridized carbons (Fsp3) is 0.0169. The molecular formula is C59H37NS. The maximum atomic E-state index is 2.49. The van der Waals surface area contributed by atoms with E-state index in [1.807, 2.05) is 11.3 Å². The average molecular weight is 792 g/mol. The second-order valence-electron chi connectivity index (χ2n) is 16.4. The molecule has 0 amide bonds. The minimum absolute atomic E-state index is 0.428. The zero-order chi connectivity index (χ0) is 40.1. The second-order valence-corrected chi connectivity index (χ2v) is 17.4. The van der Waals surface area contributed by atoms with Gasteiger partial charge in [-0.1, -0.05) is 176 Å². The number of hydrogen-bond donors (Lipinski definition) is 0. The zero-order valence-electron chi connectivity index (χ0n) is 33.2. The molecule has 2 heteroatoms. The lowest BCUT2D eigenvalue weighted by atomic mass is 9.70. The van der Waals surface area contributed by atoms with E-state index in [4.69, 9.17) is 0 Å². The molecule has 11 aromatic rings. The van der Waals surface area contributed by atoms with Gasteiger partial charge < -0.3 is 4.90 Å². The molecule has 61 heavy (non-hydrogen) atoms. The zero-order valence-corrected chi connectivity index (χ0v) is 34.0. The maximum Gasteiger partial charge on any atom is 0.0726 e. The Morgan fingerprint density at radius 1 is 0.311 bits per heavy atom. The summed E-state index contributed by atoms with van der Waals surface area (Å²) in [7, 11) is 0. The summed E-state index contributed by atoms with van der Waals surface area (Å²) in [5.74, 6) is 0. The van der Waals surface area contributed by atoms with Crippen LogP contribution in [0.1, 0.15) is 22.3 Å². The molecule has 2 aliphatic rings. The van der Waals surface area contributed by atoms with E-state index in [2.05, 4.69) is 229 Å². The van der Waals surface area contributed by atoms with Crippen LogP contribution in [0.15, 0.2) is 224 Å². The predicted molar refractivity (Wildman–Crippen MR) is 259 cm³/mol. The van der Waals surface area contributed by atoms with Gasteiger partial charge in [0, 0.05) is 37.2 Å². The van der Waals surface area contributed by atoms with Gasteiger partial charge in [0.2, 0.25) is 0 Å². The largest absolute Gasteiger partial charge is 0.310 e. The van der Waals surface area contributed by atoms with Crippen LogP contribution in [-0.4, -0.2) is 0 Å². The summed E-state index contributed by atoms with van der Waals surface area (Å²) in [6.07, 6.45) is 0. The summed E-state index contributed by atoms with van der Waals surface area (Å²) in [5, 5.41) is 5.09. The number of thiophene rings is 1. The molecule has 1 aromatic heterocycles. The van der Waals surface area contributed by atoms with Crippen molar-refractivity contribution >= 4 is 59.3 Å². The van der Waals surface area contributed by atoms with Gasteiger partial charge >= 0.3 is 0 Å². The first-order valence-corrected chi connectivity index (χ1v) is 21.9. The third-order valence-corrected chi connectivity index (χ3v) is 14.4. The number of fused-ring (bicyclic) bond motifs is 14. The van der Waals surface area contributed by atoms with Gasteiger partial charge in [-0.05, 0) is 126 Å². The average Bonchev–Trinajstić information content (AvgIpc) is 3.96. The van der Waals surface area contributed by atoms with Crippen molar-refractivity contribution in [2.45, 2.75) is 5.41 Å². The van der Waals surface area contributed by atoms with E-state index in [1.54, 1.807) is 0 Å². The van der Waals surface area contributed by atoms with Crippen LogP contribution in [0.3, 0.4) is 0 Å². The van der Waals surface area contributed by atoms with Crippen LogP contribution in [0, 0.1) is 0 Å². The first-order chi connectivity index (χ1) is 30.3. The number of rotatable bonds is 5. The van der Waals surface area contributed by atoms with Crippen molar-refractivity contribution in [3.05, 3.63) is 247 Å². The van der Waals surface area contributed by atoms with Gasteiger partial charge in [0.1, 0.15) is 0 Å². The molecule has 0 saturated carbocycles. The Morgan fingerprint density at radius 3 is 1.56 bits per heavy atom. The molecule has 0 radical (unpaired) electrons. The van der Waals surface area contributed by atoms with Crippen molar-refractivity contribution in [3.8, 4) is 44.5 Å². The normalized spacial score (nSPS) is 13.0. The number of nitrogens with zero attached hydrogens (tertiary/aromatic N) is 1. The summed E-state index contributed by atoms with van der Waals surface area (Å²) in [6.45, 7) is 0. The SMILES string of the molecule is c1ccc(-c2c(-c3ccc(N(c4ccc5c(c4)C4(c6ccccc6-c6ccccc64)c4ccccc4-5)c4ccc5sc6ccccc6c5c4)cc3)ccc3ccccc23)cc1. The summed E-state index contributed by atoms with van der Waals surface area (Å²) < 4.78 is 2.61. The second kappa shape index (κ2) is 13.2. The highest BCUT2D eigenvalue weighted by Crippen LogP contribution is 2.63. The van der Waals surface area contributed by atoms with Crippen LogP contribution in [0.4, 0.5) is 17.1 Å². The van der Waals surface area contributed by atoms with Crippen molar-refractivity contribution in [1.29, 1.82) is 0 Å². The van der Waals surface area contributed by atoms with Crippen LogP contribution < -0.4 is 4.90 Å². The molecule has 0 unspecified atom stereocenters. The molecule has 0 atom stereocenters. The molecule has 0 saturated heterocycles. The number of anilines is 3. The Morgan fingerprint density at radius 2 is 0.836 bits per heavy atom. The molecule has 0 fully saturated rings. The molecule has 2 aliphatic carbocycles. The first-order valence-electron chi connectivity index (χ1n) is 21.1. The number of hydrogen-bond acceptors (Lipinski definition) is 2. The third kappa shape index (κ3) is 4.94. The molecule has 0 aliphatic heterocycles. The van der Waals surface area contributed by atoms with Gasteiger partial charge in [-0.15, -0.1) is 11.3 Å². The van der Waals surface area contributed by atoms with Crippen LogP contribution in [0.5, 0.6) is 0 Å². The van der Waals surface area contributed by atoms with Gasteiger partial charge in [-0.2, -0.15) is 0 Å². The standard InChI is InChI=1S/C59H37NS/c1-2-15-40(16-3-1)58-44-17-5-4-14-38(44)28-33-45(58)39-26-29-41(30-27-39)60(42-32-35-57-51(36-42)50-21-9-13-25-56(50)61-57)43-31-34-49-48-20-8-12-24-54(48)59(55(49)37-43)52-22-10-6-18-46(52)47-19-7-11-23-53(47)59/h1-37H. The van der Waals surface area contributed by atoms with E-state index in [1.165, 1.54) is 97.7 Å². The quantitative estimate of drug-likeness (QED) is 0.168. The van der Waals surface area contributed by atoms with Crippen molar-refractivity contribution in [2.24, 2.45) is 0 Å². The lowest BCUT2D eigenvalue weighted by Gasteiger charge is -2.32. The van der Waals surface area contributed by atoms with E-state index in [-0.39, 0.29) is 0 Å². The van der Waals surface area contributed by atoms with Crippen molar-refractivity contribution < 1.29 is 0 Å². The van der Waals surface area contributed by atoms with Crippen LogP contribution in [0.2, 0.25) is 0 Å². The lowest BCUT2D eigenvalue weighted by molar-refractivity contribution is 0.793. The first kappa shape index (κ1) is 34.4. The molecule has 13 rings (SSSR count). The minimum atomic E-state index is -0.428. The Hall–Kier alpha value is -7.52. The molecule has 1 nitrogen and oxygen atoms in total. The summed E-state index contributed by atoms with van der Waals surface area (Å²) in [6, 6.07) is 83.6. The molecule has 1 spiro atoms. The summed E-state index contributed by atoms with van der Waals surface area (Å²) in [5.41, 5.74) is 18.5. The Kier molecular flexibility index (Phi) is 7.46. The molecule has 10 aromatic carbocycles. The topological polar surface area (TPSA) is 3.24 Å². The van der Waals surface area contributed by atoms with Crippen molar-refractivity contribution in [2.75, 3.05) is 4.90 Å². The lowest BCUT2D eigenvalue weighted by Crippen LogP contribution is -2.26. The van der Waals surface area contributed by atoms with E-state index < -0.39 is 5.41 Å². The molecular weight excluding hydrogens is 755 g/mol. The molecule has 284 valence electrons. The van der Waals surface area contributed by atoms with Crippen LogP contribution >= 0.6 is 11.3 Å². The van der Waals surface area contributed by atoms with Crippen molar-refractivity contribution in [3.63, 3.8) is 0 Å². The fourth-order valence-electron chi connectivity index (χ4n) is 10.7. The highest BCUT2D eigenvalue weighted by molar-refractivity contribution is 7.25. The minimum Gasteiger partial charge on any atom is -0.310 e. The molecule has 0 bridgehead atoms. The maximum absolute atomic E-state index is 2.49. The smallest absolute Gasteiger partial charge is 0.0726 e. The predicted octanol–water partition coefficient (Wildman–Crippen LogP) is 16.4. The van der Waals surface area contributed by atoms with Gasteiger partial charge in [0.05, 0.1) is 5.41 Å². The van der Waals surface area contributed by atoms with E-state index in [9.17, 15) is 0 Å². The summed E-state index contributed by atoms with van der Waals surface area (Å²) in [4.78, 5) is 2.47. The molecule has 1 heterocycles. The fourth-order valence-corrected chi connectivity index (χ4v) is 11.8. The van der Waals surface area contributed by atoms with E-state index >= 15 is 0 Å². The number of benzene rings is 10. The Labute approximate surface area is 359 Å². The highest BCUT2D eigenvalue weighted by atomic mass is 32.1. The van der Waals surface area contributed by atoms with Gasteiger partial charge in [0.15, 0.2) is 0 Å². The highest BCUT2D eigenvalue weighted by Gasteiger charge is 2.51. The van der Waals surface area contributed by atoms with Gasteiger partial charge in [-0.3, -0.25) is 0 Å². The van der Waals surface area contributed by atoms with Gasteiger partial charge in [0.25, 0.3) is 0 Å². The Balaban J connectivity index is 1.03. The third-order valence-electron chi connectivity index (χ3n) is 13.3. The summed E-state index contributed by atoms with van der Waals surface area (Å²) >= 11 is 1.86. The monoisotopic (exact) mass is 791 g/mol.